The average Bonchev–Trinajstić information content (AvgIpc) is 3.26. The van der Waals surface area contributed by atoms with Gasteiger partial charge in [-0.15, -0.1) is 11.3 Å². The van der Waals surface area contributed by atoms with Crippen LogP contribution in [0.15, 0.2) is 24.5 Å². The van der Waals surface area contributed by atoms with Crippen molar-refractivity contribution in [3.63, 3.8) is 0 Å². The maximum atomic E-state index is 14.2. The zero-order valence-corrected chi connectivity index (χ0v) is 19.2. The highest BCUT2D eigenvalue weighted by Crippen LogP contribution is 2.41. The molecule has 3 heterocycles. The van der Waals surface area contributed by atoms with Gasteiger partial charge in [-0.05, 0) is 57.7 Å². The summed E-state index contributed by atoms with van der Waals surface area (Å²) in [6, 6.07) is 4.24. The quantitative estimate of drug-likeness (QED) is 0.532. The van der Waals surface area contributed by atoms with E-state index in [-0.39, 0.29) is 23.2 Å². The van der Waals surface area contributed by atoms with Crippen LogP contribution in [0.4, 0.5) is 15.9 Å². The second-order valence-electron chi connectivity index (χ2n) is 8.76. The van der Waals surface area contributed by atoms with Gasteiger partial charge in [-0.25, -0.2) is 19.2 Å². The fraction of sp³-hybridized carbons (Fsp3) is 0.435. The van der Waals surface area contributed by atoms with E-state index in [1.165, 1.54) is 18.5 Å². The van der Waals surface area contributed by atoms with Crippen molar-refractivity contribution in [1.29, 1.82) is 0 Å². The first-order chi connectivity index (χ1) is 15.7. The number of carbonyl (C=O) groups is 1. The lowest BCUT2D eigenvalue weighted by molar-refractivity contribution is -0.151. The number of thiophene rings is 1. The molecule has 3 atom stereocenters. The van der Waals surface area contributed by atoms with Crippen LogP contribution in [0.2, 0.25) is 0 Å². The number of hydrogen-bond donors (Lipinski definition) is 2. The number of rotatable bonds is 5. The maximum Gasteiger partial charge on any atom is 0.346 e. The van der Waals surface area contributed by atoms with Crippen LogP contribution in [0.25, 0.3) is 10.2 Å². The Kier molecular flexibility index (Phi) is 5.46. The standard InChI is InChI=1S/C23H24FN3O5S/c1-11-17-20(25-10-26-21(17)33-19(11)22(28)29)27-13-8-7-12(24)9-16(13)30-14-5-4-6-15-18(14)32-23(2,3)31-15/h7-10,14-15,18H,4-6H2,1-3H3,(H,28,29)(H,25,26,27)/t14-,15-,18?/m1/s1. The van der Waals surface area contributed by atoms with Gasteiger partial charge in [-0.3, -0.25) is 0 Å². The number of hydrogen-bond acceptors (Lipinski definition) is 8. The highest BCUT2D eigenvalue weighted by Gasteiger charge is 2.48. The molecular weight excluding hydrogens is 449 g/mol. The molecule has 1 saturated carbocycles. The number of aryl methyl sites for hydroxylation is 1. The molecule has 3 aromatic rings. The van der Waals surface area contributed by atoms with Crippen molar-refractivity contribution in [2.75, 3.05) is 5.32 Å². The van der Waals surface area contributed by atoms with Gasteiger partial charge < -0.3 is 24.6 Å². The van der Waals surface area contributed by atoms with Crippen molar-refractivity contribution < 1.29 is 28.5 Å². The Morgan fingerprint density at radius 2 is 2.12 bits per heavy atom. The molecule has 33 heavy (non-hydrogen) atoms. The van der Waals surface area contributed by atoms with Crippen molar-refractivity contribution >= 4 is 39.0 Å². The first-order valence-corrected chi connectivity index (χ1v) is 11.6. The highest BCUT2D eigenvalue weighted by molar-refractivity contribution is 7.20. The predicted octanol–water partition coefficient (Wildman–Crippen LogP) is 5.03. The molecule has 10 heteroatoms. The van der Waals surface area contributed by atoms with E-state index in [0.717, 1.165) is 30.6 Å². The molecule has 5 rings (SSSR count). The molecule has 2 aliphatic rings. The third-order valence-corrected chi connectivity index (χ3v) is 7.15. The maximum absolute atomic E-state index is 14.2. The third-order valence-electron chi connectivity index (χ3n) is 5.96. The SMILES string of the molecule is Cc1c(C(=O)O)sc2ncnc(Nc3ccc(F)cc3O[C@@H]3CCC[C@H]4OC(C)(C)OC34)c12. The van der Waals surface area contributed by atoms with Crippen LogP contribution in [-0.4, -0.2) is 45.1 Å². The van der Waals surface area contributed by atoms with Crippen LogP contribution < -0.4 is 10.1 Å². The number of aromatic nitrogens is 2. The normalized spacial score (nSPS) is 23.9. The number of nitrogens with zero attached hydrogens (tertiary/aromatic N) is 2. The van der Waals surface area contributed by atoms with E-state index in [4.69, 9.17) is 14.2 Å². The van der Waals surface area contributed by atoms with Gasteiger partial charge in [0.1, 0.15) is 45.6 Å². The summed E-state index contributed by atoms with van der Waals surface area (Å²) in [6.07, 6.45) is 3.35. The molecule has 2 N–H and O–H groups in total. The van der Waals surface area contributed by atoms with Gasteiger partial charge in [0.05, 0.1) is 17.2 Å². The van der Waals surface area contributed by atoms with Gasteiger partial charge in [0.2, 0.25) is 0 Å². The molecule has 174 valence electrons. The smallest absolute Gasteiger partial charge is 0.346 e. The van der Waals surface area contributed by atoms with Crippen LogP contribution in [-0.2, 0) is 9.47 Å². The molecule has 1 aliphatic heterocycles. The lowest BCUT2D eigenvalue weighted by Crippen LogP contribution is -2.42. The first kappa shape index (κ1) is 22.0. The van der Waals surface area contributed by atoms with Crippen molar-refractivity contribution in [3.8, 4) is 5.75 Å². The van der Waals surface area contributed by atoms with E-state index >= 15 is 0 Å². The summed E-state index contributed by atoms with van der Waals surface area (Å²) in [5, 5.41) is 13.3. The number of fused-ring (bicyclic) bond motifs is 2. The van der Waals surface area contributed by atoms with E-state index in [2.05, 4.69) is 15.3 Å². The second kappa shape index (κ2) is 8.19. The van der Waals surface area contributed by atoms with Crippen LogP contribution in [0, 0.1) is 12.7 Å². The Hall–Kier alpha value is -2.82. The molecule has 0 radical (unpaired) electrons. The summed E-state index contributed by atoms with van der Waals surface area (Å²) in [5.41, 5.74) is 1.09. The zero-order chi connectivity index (χ0) is 23.3. The fourth-order valence-electron chi connectivity index (χ4n) is 4.57. The second-order valence-corrected chi connectivity index (χ2v) is 9.75. The summed E-state index contributed by atoms with van der Waals surface area (Å²) in [4.78, 5) is 20.9. The predicted molar refractivity (Wildman–Crippen MR) is 121 cm³/mol. The highest BCUT2D eigenvalue weighted by atomic mass is 32.1. The minimum Gasteiger partial charge on any atom is -0.485 e. The molecule has 2 fully saturated rings. The van der Waals surface area contributed by atoms with E-state index in [1.807, 2.05) is 13.8 Å². The van der Waals surface area contributed by atoms with E-state index in [9.17, 15) is 14.3 Å². The van der Waals surface area contributed by atoms with Crippen molar-refractivity contribution in [1.82, 2.24) is 9.97 Å². The fourth-order valence-corrected chi connectivity index (χ4v) is 5.56. The molecule has 0 amide bonds. The lowest BCUT2D eigenvalue weighted by atomic mass is 9.92. The summed E-state index contributed by atoms with van der Waals surface area (Å²) in [7, 11) is 0. The van der Waals surface area contributed by atoms with Crippen LogP contribution in [0.5, 0.6) is 5.75 Å². The first-order valence-electron chi connectivity index (χ1n) is 10.8. The molecule has 0 spiro atoms. The number of ether oxygens (including phenoxy) is 3. The Bertz CT molecular complexity index is 1230. The monoisotopic (exact) mass is 473 g/mol. The summed E-state index contributed by atoms with van der Waals surface area (Å²) < 4.78 is 32.6. The van der Waals surface area contributed by atoms with Crippen molar-refractivity contribution in [2.45, 2.75) is 64.1 Å². The Labute approximate surface area is 193 Å². The minimum absolute atomic E-state index is 0.0619. The topological polar surface area (TPSA) is 103 Å². The van der Waals surface area contributed by atoms with Crippen LogP contribution in [0.1, 0.15) is 48.3 Å². The van der Waals surface area contributed by atoms with E-state index < -0.39 is 17.6 Å². The van der Waals surface area contributed by atoms with Gasteiger partial charge in [0.25, 0.3) is 0 Å². The summed E-state index contributed by atoms with van der Waals surface area (Å²) in [5.74, 6) is -1.37. The van der Waals surface area contributed by atoms with Gasteiger partial charge in [0, 0.05) is 6.07 Å². The van der Waals surface area contributed by atoms with E-state index in [0.29, 0.717) is 33.0 Å². The lowest BCUT2D eigenvalue weighted by Gasteiger charge is -2.32. The van der Waals surface area contributed by atoms with Gasteiger partial charge >= 0.3 is 5.97 Å². The number of nitrogens with one attached hydrogen (secondary N) is 1. The average molecular weight is 474 g/mol. The molecule has 0 bridgehead atoms. The third kappa shape index (κ3) is 4.14. The molecule has 1 saturated heterocycles. The van der Waals surface area contributed by atoms with Gasteiger partial charge in [-0.1, -0.05) is 0 Å². The van der Waals surface area contributed by atoms with Gasteiger partial charge in [-0.2, -0.15) is 0 Å². The zero-order valence-electron chi connectivity index (χ0n) is 18.4. The number of anilines is 2. The largest absolute Gasteiger partial charge is 0.485 e. The summed E-state index contributed by atoms with van der Waals surface area (Å²) in [6.45, 7) is 5.49. The molecular formula is C23H24FN3O5S. The number of carboxylic acid groups (broad SMARTS) is 1. The van der Waals surface area contributed by atoms with Crippen LogP contribution in [0.3, 0.4) is 0 Å². The Morgan fingerprint density at radius 3 is 2.91 bits per heavy atom. The van der Waals surface area contributed by atoms with E-state index in [1.54, 1.807) is 13.0 Å². The van der Waals surface area contributed by atoms with Gasteiger partial charge in [0.15, 0.2) is 5.79 Å². The number of aromatic carboxylic acids is 1. The number of halogens is 1. The molecule has 8 nitrogen and oxygen atoms in total. The summed E-state index contributed by atoms with van der Waals surface area (Å²) >= 11 is 1.09. The number of benzene rings is 1. The Balaban J connectivity index is 1.47. The number of carboxylic acids is 1. The molecule has 2 aromatic heterocycles. The molecule has 1 aliphatic carbocycles. The van der Waals surface area contributed by atoms with Crippen molar-refractivity contribution in [2.24, 2.45) is 0 Å². The molecule has 1 aromatic carbocycles. The van der Waals surface area contributed by atoms with Crippen molar-refractivity contribution in [3.05, 3.63) is 40.8 Å². The Morgan fingerprint density at radius 1 is 1.30 bits per heavy atom. The minimum atomic E-state index is -1.01. The molecule has 1 unspecified atom stereocenters. The van der Waals surface area contributed by atoms with Crippen LogP contribution >= 0.6 is 11.3 Å².